The minimum atomic E-state index is -0.0905. The number of carbonyl (C=O) groups is 1. The van der Waals surface area contributed by atoms with Gasteiger partial charge in [0.05, 0.1) is 30.2 Å². The van der Waals surface area contributed by atoms with Crippen LogP contribution in [0.1, 0.15) is 31.1 Å². The number of aromatic nitrogens is 2. The SMILES string of the molecule is Cc1cccnc1[C@H](NCC(=O)Nc1cccnc1)C(C)C. The van der Waals surface area contributed by atoms with Crippen molar-refractivity contribution in [3.63, 3.8) is 0 Å². The van der Waals surface area contributed by atoms with Crippen molar-refractivity contribution in [3.8, 4) is 0 Å². The Morgan fingerprint density at radius 3 is 2.64 bits per heavy atom. The molecular formula is C17H22N4O. The quantitative estimate of drug-likeness (QED) is 0.860. The Morgan fingerprint density at radius 1 is 1.23 bits per heavy atom. The summed E-state index contributed by atoms with van der Waals surface area (Å²) < 4.78 is 0. The second kappa shape index (κ2) is 7.66. The molecule has 0 aliphatic rings. The number of rotatable bonds is 6. The summed E-state index contributed by atoms with van der Waals surface area (Å²) >= 11 is 0. The van der Waals surface area contributed by atoms with Gasteiger partial charge in [-0.25, -0.2) is 0 Å². The van der Waals surface area contributed by atoms with Crippen LogP contribution in [0.5, 0.6) is 0 Å². The van der Waals surface area contributed by atoms with Crippen molar-refractivity contribution in [3.05, 3.63) is 54.1 Å². The van der Waals surface area contributed by atoms with E-state index in [4.69, 9.17) is 0 Å². The van der Waals surface area contributed by atoms with Crippen LogP contribution in [0.25, 0.3) is 0 Å². The van der Waals surface area contributed by atoms with Crippen molar-refractivity contribution in [2.75, 3.05) is 11.9 Å². The van der Waals surface area contributed by atoms with Crippen molar-refractivity contribution in [1.29, 1.82) is 0 Å². The summed E-state index contributed by atoms with van der Waals surface area (Å²) in [5.41, 5.74) is 2.82. The van der Waals surface area contributed by atoms with Crippen LogP contribution in [0, 0.1) is 12.8 Å². The summed E-state index contributed by atoms with van der Waals surface area (Å²) in [7, 11) is 0. The molecule has 1 amide bonds. The van der Waals surface area contributed by atoms with Gasteiger partial charge in [0.25, 0.3) is 0 Å². The van der Waals surface area contributed by atoms with Gasteiger partial charge in [0, 0.05) is 12.4 Å². The van der Waals surface area contributed by atoms with Gasteiger partial charge < -0.3 is 5.32 Å². The Hall–Kier alpha value is -2.27. The average molecular weight is 298 g/mol. The molecule has 0 aliphatic carbocycles. The highest BCUT2D eigenvalue weighted by molar-refractivity contribution is 5.92. The van der Waals surface area contributed by atoms with Gasteiger partial charge in [-0.1, -0.05) is 19.9 Å². The first kappa shape index (κ1) is 16.1. The number of hydrogen-bond donors (Lipinski definition) is 2. The maximum Gasteiger partial charge on any atom is 0.238 e. The molecule has 116 valence electrons. The summed E-state index contributed by atoms with van der Waals surface area (Å²) in [6, 6.07) is 7.60. The number of amides is 1. The Labute approximate surface area is 131 Å². The fourth-order valence-corrected chi connectivity index (χ4v) is 2.32. The van der Waals surface area contributed by atoms with Gasteiger partial charge >= 0.3 is 0 Å². The van der Waals surface area contributed by atoms with Crippen LogP contribution < -0.4 is 10.6 Å². The van der Waals surface area contributed by atoms with Gasteiger partial charge in [-0.15, -0.1) is 0 Å². The molecule has 2 heterocycles. The standard InChI is InChI=1S/C17H22N4O/c1-12(2)16(17-13(3)6-4-9-19-17)20-11-15(22)21-14-7-5-8-18-10-14/h4-10,12,16,20H,11H2,1-3H3,(H,21,22)/t16-/m1/s1. The van der Waals surface area contributed by atoms with Crippen molar-refractivity contribution in [2.24, 2.45) is 5.92 Å². The third-order valence-corrected chi connectivity index (χ3v) is 3.44. The molecule has 2 aromatic rings. The van der Waals surface area contributed by atoms with Crippen LogP contribution >= 0.6 is 0 Å². The van der Waals surface area contributed by atoms with E-state index >= 15 is 0 Å². The predicted molar refractivity (Wildman–Crippen MR) is 87.4 cm³/mol. The number of nitrogens with one attached hydrogen (secondary N) is 2. The molecule has 22 heavy (non-hydrogen) atoms. The molecule has 2 aromatic heterocycles. The summed E-state index contributed by atoms with van der Waals surface area (Å²) in [4.78, 5) is 20.5. The molecule has 5 heteroatoms. The molecule has 0 radical (unpaired) electrons. The number of pyridine rings is 2. The zero-order chi connectivity index (χ0) is 15.9. The number of nitrogens with zero attached hydrogens (tertiary/aromatic N) is 2. The molecule has 0 spiro atoms. The van der Waals surface area contributed by atoms with Crippen LogP contribution in [0.4, 0.5) is 5.69 Å². The van der Waals surface area contributed by atoms with Crippen LogP contribution in [0.3, 0.4) is 0 Å². The number of hydrogen-bond acceptors (Lipinski definition) is 4. The fourth-order valence-electron chi connectivity index (χ4n) is 2.32. The summed E-state index contributed by atoms with van der Waals surface area (Å²) in [5.74, 6) is 0.243. The van der Waals surface area contributed by atoms with E-state index in [2.05, 4.69) is 34.4 Å². The van der Waals surface area contributed by atoms with Crippen molar-refractivity contribution < 1.29 is 4.79 Å². The normalized spacial score (nSPS) is 12.2. The summed E-state index contributed by atoms with van der Waals surface area (Å²) in [5, 5.41) is 6.12. The third kappa shape index (κ3) is 4.36. The molecule has 0 saturated heterocycles. The third-order valence-electron chi connectivity index (χ3n) is 3.44. The second-order valence-electron chi connectivity index (χ2n) is 5.60. The molecule has 0 saturated carbocycles. The van der Waals surface area contributed by atoms with Crippen LogP contribution in [0.2, 0.25) is 0 Å². The van der Waals surface area contributed by atoms with E-state index in [-0.39, 0.29) is 18.5 Å². The van der Waals surface area contributed by atoms with E-state index in [0.29, 0.717) is 11.6 Å². The predicted octanol–water partition coefficient (Wildman–Crippen LogP) is 2.71. The van der Waals surface area contributed by atoms with Gasteiger partial charge in [0.15, 0.2) is 0 Å². The largest absolute Gasteiger partial charge is 0.324 e. The molecule has 1 atom stereocenters. The highest BCUT2D eigenvalue weighted by atomic mass is 16.1. The Bertz CT molecular complexity index is 613. The van der Waals surface area contributed by atoms with Gasteiger partial charge in [-0.05, 0) is 36.6 Å². The maximum atomic E-state index is 12.0. The minimum Gasteiger partial charge on any atom is -0.324 e. The van der Waals surface area contributed by atoms with Gasteiger partial charge in [-0.3, -0.25) is 20.1 Å². The smallest absolute Gasteiger partial charge is 0.238 e. The first-order valence-corrected chi connectivity index (χ1v) is 7.42. The highest BCUT2D eigenvalue weighted by Gasteiger charge is 2.19. The van der Waals surface area contributed by atoms with Gasteiger partial charge in [-0.2, -0.15) is 0 Å². The molecule has 5 nitrogen and oxygen atoms in total. The van der Waals surface area contributed by atoms with Crippen LogP contribution in [0.15, 0.2) is 42.9 Å². The van der Waals surface area contributed by atoms with Gasteiger partial charge in [0.2, 0.25) is 5.91 Å². The molecule has 2 rings (SSSR count). The number of anilines is 1. The summed E-state index contributed by atoms with van der Waals surface area (Å²) in [6.07, 6.45) is 5.09. The van der Waals surface area contributed by atoms with Crippen LogP contribution in [-0.4, -0.2) is 22.4 Å². The average Bonchev–Trinajstić information content (AvgIpc) is 2.50. The first-order chi connectivity index (χ1) is 10.6. The lowest BCUT2D eigenvalue weighted by Crippen LogP contribution is -2.34. The van der Waals surface area contributed by atoms with Gasteiger partial charge in [0.1, 0.15) is 0 Å². The van der Waals surface area contributed by atoms with Crippen molar-refractivity contribution in [2.45, 2.75) is 26.8 Å². The number of carbonyl (C=O) groups excluding carboxylic acids is 1. The lowest BCUT2D eigenvalue weighted by atomic mass is 9.97. The number of aryl methyl sites for hydroxylation is 1. The Balaban J connectivity index is 1.98. The summed E-state index contributed by atoms with van der Waals surface area (Å²) in [6.45, 7) is 6.50. The lowest BCUT2D eigenvalue weighted by molar-refractivity contribution is -0.115. The van der Waals surface area contributed by atoms with E-state index < -0.39 is 0 Å². The fraction of sp³-hybridized carbons (Fsp3) is 0.353. The highest BCUT2D eigenvalue weighted by Crippen LogP contribution is 2.22. The Kier molecular flexibility index (Phi) is 5.61. The topological polar surface area (TPSA) is 66.9 Å². The van der Waals surface area contributed by atoms with Crippen molar-refractivity contribution in [1.82, 2.24) is 15.3 Å². The minimum absolute atomic E-state index is 0.0425. The Morgan fingerprint density at radius 2 is 2.00 bits per heavy atom. The van der Waals surface area contributed by atoms with E-state index in [9.17, 15) is 4.79 Å². The maximum absolute atomic E-state index is 12.0. The first-order valence-electron chi connectivity index (χ1n) is 7.42. The molecule has 0 fully saturated rings. The molecule has 0 bridgehead atoms. The zero-order valence-electron chi connectivity index (χ0n) is 13.2. The van der Waals surface area contributed by atoms with E-state index in [1.54, 1.807) is 24.7 Å². The van der Waals surface area contributed by atoms with Crippen LogP contribution in [-0.2, 0) is 4.79 Å². The molecule has 2 N–H and O–H groups in total. The lowest BCUT2D eigenvalue weighted by Gasteiger charge is -2.23. The molecule has 0 unspecified atom stereocenters. The van der Waals surface area contributed by atoms with E-state index in [0.717, 1.165) is 11.3 Å². The molecular weight excluding hydrogens is 276 g/mol. The van der Waals surface area contributed by atoms with E-state index in [1.807, 2.05) is 25.1 Å². The monoisotopic (exact) mass is 298 g/mol. The second-order valence-corrected chi connectivity index (χ2v) is 5.60. The molecule has 0 aliphatic heterocycles. The zero-order valence-corrected chi connectivity index (χ0v) is 13.2. The van der Waals surface area contributed by atoms with Crippen molar-refractivity contribution >= 4 is 11.6 Å². The van der Waals surface area contributed by atoms with E-state index in [1.165, 1.54) is 0 Å². The molecule has 0 aromatic carbocycles.